The Balaban J connectivity index is 1.41. The molecule has 4 aromatic rings. The Morgan fingerprint density at radius 1 is 1.09 bits per heavy atom. The van der Waals surface area contributed by atoms with E-state index in [1.54, 1.807) is 6.07 Å². The number of benzene rings is 1. The van der Waals surface area contributed by atoms with E-state index < -0.39 is 5.91 Å². The molecular formula is C25H33N9O. The van der Waals surface area contributed by atoms with Crippen LogP contribution in [0.5, 0.6) is 0 Å². The molecule has 0 atom stereocenters. The molecule has 1 aromatic carbocycles. The van der Waals surface area contributed by atoms with Crippen molar-refractivity contribution in [3.8, 4) is 22.9 Å². The van der Waals surface area contributed by atoms with Gasteiger partial charge in [-0.25, -0.2) is 4.98 Å². The minimum atomic E-state index is -0.485. The number of nitrogens with two attached hydrogens (primary N) is 1. The lowest BCUT2D eigenvalue weighted by atomic mass is 10.0. The van der Waals surface area contributed by atoms with Gasteiger partial charge in [0.2, 0.25) is 5.91 Å². The van der Waals surface area contributed by atoms with Crippen molar-refractivity contribution in [2.24, 2.45) is 5.73 Å². The van der Waals surface area contributed by atoms with E-state index in [1.807, 2.05) is 41.5 Å². The number of carbonyl (C=O) groups is 1. The molecule has 1 aliphatic heterocycles. The first-order valence-electron chi connectivity index (χ1n) is 12.5. The molecule has 1 fully saturated rings. The van der Waals surface area contributed by atoms with Gasteiger partial charge in [-0.2, -0.15) is 15.3 Å². The maximum Gasteiger partial charge on any atom is 0.248 e. The van der Waals surface area contributed by atoms with Gasteiger partial charge in [0.1, 0.15) is 5.69 Å². The second-order valence-corrected chi connectivity index (χ2v) is 9.29. The lowest BCUT2D eigenvalue weighted by molar-refractivity contribution is 0.100. The number of fused-ring (bicyclic) bond motifs is 1. The largest absolute Gasteiger partial charge is 0.366 e. The van der Waals surface area contributed by atoms with Crippen molar-refractivity contribution in [1.82, 2.24) is 39.6 Å². The number of likely N-dealkylation sites (tertiary alicyclic amines) is 1. The second-order valence-electron chi connectivity index (χ2n) is 9.29. The summed E-state index contributed by atoms with van der Waals surface area (Å²) in [6.45, 7) is 9.06. The number of H-pyrrole nitrogens is 1. The van der Waals surface area contributed by atoms with Crippen molar-refractivity contribution in [2.45, 2.75) is 59.0 Å². The zero-order valence-corrected chi connectivity index (χ0v) is 20.5. The number of aryl methyl sites for hydroxylation is 3. The molecule has 4 heterocycles. The average molecular weight is 476 g/mol. The number of carbonyl (C=O) groups excluding carboxylic acids is 1. The van der Waals surface area contributed by atoms with E-state index in [4.69, 9.17) is 10.7 Å². The number of piperidine rings is 1. The fourth-order valence-electron chi connectivity index (χ4n) is 4.94. The minimum Gasteiger partial charge on any atom is -0.366 e. The van der Waals surface area contributed by atoms with Gasteiger partial charge in [0.05, 0.1) is 17.4 Å². The van der Waals surface area contributed by atoms with Crippen LogP contribution in [0.15, 0.2) is 24.4 Å². The number of hydrogen-bond acceptors (Lipinski definition) is 6. The average Bonchev–Trinajstić information content (AvgIpc) is 3.60. The van der Waals surface area contributed by atoms with Gasteiger partial charge in [-0.05, 0) is 77.4 Å². The molecule has 5 rings (SSSR count). The van der Waals surface area contributed by atoms with E-state index in [-0.39, 0.29) is 0 Å². The quantitative estimate of drug-likeness (QED) is 0.358. The maximum atomic E-state index is 12.1. The van der Waals surface area contributed by atoms with Crippen LogP contribution in [-0.2, 0) is 13.1 Å². The standard InChI is InChI=1S/C25H33N9O/c1-3-33-22(13-17(2)31-33)25-28-24(29-30-25)19-14-18(23(26)35)15-21-20(19)16-27-34(21)12-8-7-11-32-9-5-4-6-10-32/h13-16H,3-12H2,1-2H3,(H2,26,35)(H,28,29,30). The Morgan fingerprint density at radius 3 is 2.66 bits per heavy atom. The van der Waals surface area contributed by atoms with E-state index in [2.05, 4.69) is 25.3 Å². The third-order valence-corrected chi connectivity index (χ3v) is 6.76. The smallest absolute Gasteiger partial charge is 0.248 e. The highest BCUT2D eigenvalue weighted by atomic mass is 16.1. The Kier molecular flexibility index (Phi) is 6.63. The molecule has 0 saturated carbocycles. The summed E-state index contributed by atoms with van der Waals surface area (Å²) in [7, 11) is 0. The van der Waals surface area contributed by atoms with Gasteiger partial charge in [-0.1, -0.05) is 6.42 Å². The summed E-state index contributed by atoms with van der Waals surface area (Å²) in [5.74, 6) is 0.644. The Morgan fingerprint density at radius 2 is 1.89 bits per heavy atom. The predicted molar refractivity (Wildman–Crippen MR) is 135 cm³/mol. The lowest BCUT2D eigenvalue weighted by Crippen LogP contribution is -2.30. The van der Waals surface area contributed by atoms with Crippen LogP contribution in [-0.4, -0.2) is 65.2 Å². The van der Waals surface area contributed by atoms with E-state index in [0.717, 1.165) is 60.3 Å². The molecule has 10 nitrogen and oxygen atoms in total. The van der Waals surface area contributed by atoms with E-state index >= 15 is 0 Å². The van der Waals surface area contributed by atoms with Gasteiger partial charge < -0.3 is 10.6 Å². The highest BCUT2D eigenvalue weighted by Gasteiger charge is 2.19. The highest BCUT2D eigenvalue weighted by Crippen LogP contribution is 2.30. The zero-order chi connectivity index (χ0) is 24.4. The van der Waals surface area contributed by atoms with Gasteiger partial charge in [-0.3, -0.25) is 19.3 Å². The maximum absolute atomic E-state index is 12.1. The van der Waals surface area contributed by atoms with Crippen LogP contribution in [0.1, 0.15) is 55.1 Å². The summed E-state index contributed by atoms with van der Waals surface area (Å²) in [5, 5.41) is 17.5. The summed E-state index contributed by atoms with van der Waals surface area (Å²) in [4.78, 5) is 19.4. The number of hydrogen-bond donors (Lipinski definition) is 2. The molecular weight excluding hydrogens is 442 g/mol. The van der Waals surface area contributed by atoms with Gasteiger partial charge in [-0.15, -0.1) is 0 Å². The Hall–Kier alpha value is -3.53. The number of nitrogens with one attached hydrogen (secondary N) is 1. The fraction of sp³-hybridized carbons (Fsp3) is 0.480. The first-order chi connectivity index (χ1) is 17.0. The van der Waals surface area contributed by atoms with Gasteiger partial charge in [0, 0.05) is 29.6 Å². The van der Waals surface area contributed by atoms with Crippen LogP contribution in [0.25, 0.3) is 33.8 Å². The molecule has 1 saturated heterocycles. The van der Waals surface area contributed by atoms with Crippen LogP contribution in [0.2, 0.25) is 0 Å². The molecule has 1 aliphatic rings. The van der Waals surface area contributed by atoms with Crippen molar-refractivity contribution < 1.29 is 4.79 Å². The summed E-state index contributed by atoms with van der Waals surface area (Å²) in [5.41, 5.74) is 9.49. The summed E-state index contributed by atoms with van der Waals surface area (Å²) in [6.07, 6.45) is 7.95. The number of aromatic nitrogens is 7. The van der Waals surface area contributed by atoms with Crippen molar-refractivity contribution >= 4 is 16.8 Å². The molecule has 0 unspecified atom stereocenters. The summed E-state index contributed by atoms with van der Waals surface area (Å²) >= 11 is 0. The predicted octanol–water partition coefficient (Wildman–Crippen LogP) is 3.38. The fourth-order valence-corrected chi connectivity index (χ4v) is 4.94. The summed E-state index contributed by atoms with van der Waals surface area (Å²) in [6, 6.07) is 5.55. The lowest BCUT2D eigenvalue weighted by Gasteiger charge is -2.26. The molecule has 3 N–H and O–H groups in total. The molecule has 0 spiro atoms. The van der Waals surface area contributed by atoms with E-state index in [9.17, 15) is 4.79 Å². The monoisotopic (exact) mass is 475 g/mol. The van der Waals surface area contributed by atoms with E-state index in [0.29, 0.717) is 17.2 Å². The third-order valence-electron chi connectivity index (χ3n) is 6.76. The minimum absolute atomic E-state index is 0.420. The SMILES string of the molecule is CCn1nc(C)cc1-c1nc(-c2cc(C(N)=O)cc3c2cnn3CCCCN2CCCCC2)n[nH]1. The normalized spacial score (nSPS) is 14.7. The first kappa shape index (κ1) is 23.2. The summed E-state index contributed by atoms with van der Waals surface area (Å²) < 4.78 is 3.85. The molecule has 0 bridgehead atoms. The van der Waals surface area contributed by atoms with Crippen LogP contribution in [0.3, 0.4) is 0 Å². The van der Waals surface area contributed by atoms with Gasteiger partial charge >= 0.3 is 0 Å². The number of primary amides is 1. The third kappa shape index (κ3) is 4.84. The molecule has 0 radical (unpaired) electrons. The topological polar surface area (TPSA) is 124 Å². The number of unbranched alkanes of at least 4 members (excludes halogenated alkanes) is 1. The van der Waals surface area contributed by atoms with Crippen LogP contribution >= 0.6 is 0 Å². The number of amides is 1. The number of nitrogens with zero attached hydrogens (tertiary/aromatic N) is 7. The van der Waals surface area contributed by atoms with Crippen LogP contribution in [0, 0.1) is 6.92 Å². The molecule has 10 heteroatoms. The van der Waals surface area contributed by atoms with Crippen LogP contribution in [0.4, 0.5) is 0 Å². The second kappa shape index (κ2) is 9.99. The molecule has 3 aromatic heterocycles. The van der Waals surface area contributed by atoms with Crippen molar-refractivity contribution in [2.75, 3.05) is 19.6 Å². The Bertz CT molecular complexity index is 1330. The zero-order valence-electron chi connectivity index (χ0n) is 20.5. The van der Waals surface area contributed by atoms with Gasteiger partial charge in [0.15, 0.2) is 11.6 Å². The molecule has 35 heavy (non-hydrogen) atoms. The molecule has 184 valence electrons. The Labute approximate surface area is 204 Å². The van der Waals surface area contributed by atoms with Crippen molar-refractivity contribution in [3.05, 3.63) is 35.7 Å². The number of rotatable bonds is 9. The van der Waals surface area contributed by atoms with E-state index in [1.165, 1.54) is 32.4 Å². The number of aromatic amines is 1. The van der Waals surface area contributed by atoms with Gasteiger partial charge in [0.25, 0.3) is 0 Å². The first-order valence-corrected chi connectivity index (χ1v) is 12.5. The molecule has 0 aliphatic carbocycles. The van der Waals surface area contributed by atoms with Crippen molar-refractivity contribution in [3.63, 3.8) is 0 Å². The van der Waals surface area contributed by atoms with Crippen molar-refractivity contribution in [1.29, 1.82) is 0 Å². The van der Waals surface area contributed by atoms with Crippen LogP contribution < -0.4 is 5.73 Å². The highest BCUT2D eigenvalue weighted by molar-refractivity contribution is 6.02. The molecule has 1 amide bonds.